The first kappa shape index (κ1) is 14.5. The Balaban J connectivity index is 2.05. The Labute approximate surface area is 105 Å². The molecular formula is C13H27N3O. The van der Waals surface area contributed by atoms with Gasteiger partial charge in [-0.3, -0.25) is 4.79 Å². The van der Waals surface area contributed by atoms with Crippen LogP contribution < -0.4 is 10.6 Å². The predicted molar refractivity (Wildman–Crippen MR) is 71.0 cm³/mol. The Hall–Kier alpha value is -0.610. The maximum atomic E-state index is 11.5. The molecule has 1 atom stereocenters. The fraction of sp³-hybridized carbons (Fsp3) is 0.923. The number of nitrogens with zero attached hydrogens (tertiary/aromatic N) is 1. The third kappa shape index (κ3) is 6.03. The molecule has 0 radical (unpaired) electrons. The summed E-state index contributed by atoms with van der Waals surface area (Å²) in [5, 5.41) is 6.46. The number of amides is 1. The highest BCUT2D eigenvalue weighted by molar-refractivity contribution is 5.76. The summed E-state index contributed by atoms with van der Waals surface area (Å²) in [6.07, 6.45) is 3.98. The molecule has 1 amide bonds. The molecule has 0 bridgehead atoms. The van der Waals surface area contributed by atoms with E-state index in [1.165, 1.54) is 12.8 Å². The van der Waals surface area contributed by atoms with Crippen LogP contribution in [-0.2, 0) is 4.79 Å². The van der Waals surface area contributed by atoms with Crippen LogP contribution in [0.3, 0.4) is 0 Å². The number of hydrogen-bond acceptors (Lipinski definition) is 3. The summed E-state index contributed by atoms with van der Waals surface area (Å²) in [5.74, 6) is 0.166. The molecule has 0 aromatic carbocycles. The van der Waals surface area contributed by atoms with Crippen LogP contribution in [0.5, 0.6) is 0 Å². The van der Waals surface area contributed by atoms with Crippen LogP contribution in [-0.4, -0.2) is 49.6 Å². The molecule has 4 heteroatoms. The van der Waals surface area contributed by atoms with Crippen molar-refractivity contribution in [2.24, 2.45) is 0 Å². The Bertz CT molecular complexity index is 225. The summed E-state index contributed by atoms with van der Waals surface area (Å²) in [6, 6.07) is 0.897. The van der Waals surface area contributed by atoms with Crippen LogP contribution in [0, 0.1) is 0 Å². The average Bonchev–Trinajstić information content (AvgIpc) is 2.31. The standard InChI is InChI=1S/C13H27N3O/c1-4-11(2)15-13(17)5-8-14-12-6-9-16(3)10-7-12/h11-12,14H,4-10H2,1-3H3,(H,15,17). The summed E-state index contributed by atoms with van der Waals surface area (Å²) in [6.45, 7) is 7.26. The molecule has 0 aliphatic carbocycles. The summed E-state index contributed by atoms with van der Waals surface area (Å²) < 4.78 is 0. The van der Waals surface area contributed by atoms with Gasteiger partial charge < -0.3 is 15.5 Å². The first-order chi connectivity index (χ1) is 8.11. The number of hydrogen-bond donors (Lipinski definition) is 2. The summed E-state index contributed by atoms with van der Waals surface area (Å²) in [4.78, 5) is 13.9. The second kappa shape index (κ2) is 7.67. The lowest BCUT2D eigenvalue weighted by Gasteiger charge is -2.29. The normalized spacial score (nSPS) is 20.2. The number of carbonyl (C=O) groups is 1. The van der Waals surface area contributed by atoms with E-state index < -0.39 is 0 Å². The maximum Gasteiger partial charge on any atom is 0.221 e. The zero-order chi connectivity index (χ0) is 12.7. The minimum Gasteiger partial charge on any atom is -0.354 e. The molecule has 0 spiro atoms. The van der Waals surface area contributed by atoms with E-state index in [9.17, 15) is 4.79 Å². The molecule has 0 aromatic heterocycles. The fourth-order valence-corrected chi connectivity index (χ4v) is 2.05. The van der Waals surface area contributed by atoms with Gasteiger partial charge in [-0.05, 0) is 46.3 Å². The molecule has 1 aliphatic rings. The Morgan fingerprint density at radius 1 is 1.41 bits per heavy atom. The molecule has 0 aromatic rings. The number of likely N-dealkylation sites (tertiary alicyclic amines) is 1. The number of nitrogens with one attached hydrogen (secondary N) is 2. The van der Waals surface area contributed by atoms with E-state index in [2.05, 4.69) is 29.5 Å². The molecule has 100 valence electrons. The molecule has 1 rings (SSSR count). The highest BCUT2D eigenvalue weighted by atomic mass is 16.1. The van der Waals surface area contributed by atoms with Crippen LogP contribution in [0.4, 0.5) is 0 Å². The summed E-state index contributed by atoms with van der Waals surface area (Å²) in [5.41, 5.74) is 0. The van der Waals surface area contributed by atoms with E-state index in [1.807, 2.05) is 6.92 Å². The highest BCUT2D eigenvalue weighted by Crippen LogP contribution is 2.07. The lowest BCUT2D eigenvalue weighted by molar-refractivity contribution is -0.121. The van der Waals surface area contributed by atoms with Crippen LogP contribution in [0.25, 0.3) is 0 Å². The maximum absolute atomic E-state index is 11.5. The molecule has 1 aliphatic heterocycles. The van der Waals surface area contributed by atoms with Gasteiger partial charge in [-0.2, -0.15) is 0 Å². The van der Waals surface area contributed by atoms with Crippen LogP contribution in [0.15, 0.2) is 0 Å². The average molecular weight is 241 g/mol. The van der Waals surface area contributed by atoms with Crippen molar-refractivity contribution in [1.29, 1.82) is 0 Å². The molecule has 1 unspecified atom stereocenters. The Kier molecular flexibility index (Phi) is 6.52. The minimum absolute atomic E-state index is 0.166. The van der Waals surface area contributed by atoms with Gasteiger partial charge in [0, 0.05) is 25.0 Å². The van der Waals surface area contributed by atoms with Crippen molar-refractivity contribution in [2.75, 3.05) is 26.7 Å². The van der Waals surface area contributed by atoms with Crippen molar-refractivity contribution in [3.05, 3.63) is 0 Å². The minimum atomic E-state index is 0.166. The van der Waals surface area contributed by atoms with Gasteiger partial charge in [0.2, 0.25) is 5.91 Å². The highest BCUT2D eigenvalue weighted by Gasteiger charge is 2.16. The van der Waals surface area contributed by atoms with Crippen molar-refractivity contribution in [1.82, 2.24) is 15.5 Å². The Morgan fingerprint density at radius 2 is 2.06 bits per heavy atom. The smallest absolute Gasteiger partial charge is 0.221 e. The zero-order valence-electron chi connectivity index (χ0n) is 11.5. The van der Waals surface area contributed by atoms with Gasteiger partial charge in [-0.1, -0.05) is 6.92 Å². The lowest BCUT2D eigenvalue weighted by atomic mass is 10.1. The van der Waals surface area contributed by atoms with E-state index >= 15 is 0 Å². The first-order valence-electron chi connectivity index (χ1n) is 6.83. The lowest BCUT2D eigenvalue weighted by Crippen LogP contribution is -2.42. The number of rotatable bonds is 6. The fourth-order valence-electron chi connectivity index (χ4n) is 2.05. The first-order valence-corrected chi connectivity index (χ1v) is 6.83. The van der Waals surface area contributed by atoms with Gasteiger partial charge in [0.1, 0.15) is 0 Å². The molecular weight excluding hydrogens is 214 g/mol. The predicted octanol–water partition coefficient (Wildman–Crippen LogP) is 0.975. The largest absolute Gasteiger partial charge is 0.354 e. The van der Waals surface area contributed by atoms with Crippen molar-refractivity contribution in [3.8, 4) is 0 Å². The number of carbonyl (C=O) groups excluding carboxylic acids is 1. The molecule has 0 saturated carbocycles. The van der Waals surface area contributed by atoms with Crippen molar-refractivity contribution in [2.45, 2.75) is 51.6 Å². The van der Waals surface area contributed by atoms with Crippen molar-refractivity contribution >= 4 is 5.91 Å². The van der Waals surface area contributed by atoms with E-state index in [0.29, 0.717) is 18.5 Å². The van der Waals surface area contributed by atoms with E-state index in [4.69, 9.17) is 0 Å². The summed E-state index contributed by atoms with van der Waals surface area (Å²) in [7, 11) is 2.16. The second-order valence-electron chi connectivity index (χ2n) is 5.16. The van der Waals surface area contributed by atoms with Crippen LogP contribution >= 0.6 is 0 Å². The van der Waals surface area contributed by atoms with Crippen LogP contribution in [0.2, 0.25) is 0 Å². The second-order valence-corrected chi connectivity index (χ2v) is 5.16. The van der Waals surface area contributed by atoms with Gasteiger partial charge in [-0.25, -0.2) is 0 Å². The number of piperidine rings is 1. The van der Waals surface area contributed by atoms with Crippen molar-refractivity contribution in [3.63, 3.8) is 0 Å². The molecule has 1 fully saturated rings. The van der Waals surface area contributed by atoms with Gasteiger partial charge in [-0.15, -0.1) is 0 Å². The monoisotopic (exact) mass is 241 g/mol. The van der Waals surface area contributed by atoms with Gasteiger partial charge in [0.15, 0.2) is 0 Å². The topological polar surface area (TPSA) is 44.4 Å². The zero-order valence-corrected chi connectivity index (χ0v) is 11.5. The summed E-state index contributed by atoms with van der Waals surface area (Å²) >= 11 is 0. The van der Waals surface area contributed by atoms with Gasteiger partial charge in [0.25, 0.3) is 0 Å². The molecule has 4 nitrogen and oxygen atoms in total. The molecule has 1 heterocycles. The van der Waals surface area contributed by atoms with Gasteiger partial charge in [0.05, 0.1) is 0 Å². The quantitative estimate of drug-likeness (QED) is 0.728. The van der Waals surface area contributed by atoms with E-state index in [1.54, 1.807) is 0 Å². The molecule has 1 saturated heterocycles. The molecule has 17 heavy (non-hydrogen) atoms. The third-order valence-corrected chi connectivity index (χ3v) is 3.52. The van der Waals surface area contributed by atoms with Crippen LogP contribution in [0.1, 0.15) is 39.5 Å². The van der Waals surface area contributed by atoms with Crippen molar-refractivity contribution < 1.29 is 4.79 Å². The molecule has 2 N–H and O–H groups in total. The van der Waals surface area contributed by atoms with E-state index in [0.717, 1.165) is 26.1 Å². The van der Waals surface area contributed by atoms with E-state index in [-0.39, 0.29) is 5.91 Å². The Morgan fingerprint density at radius 3 is 2.65 bits per heavy atom. The van der Waals surface area contributed by atoms with Gasteiger partial charge >= 0.3 is 0 Å². The third-order valence-electron chi connectivity index (χ3n) is 3.52. The SMILES string of the molecule is CCC(C)NC(=O)CCNC1CCN(C)CC1.